The van der Waals surface area contributed by atoms with Gasteiger partial charge < -0.3 is 19.7 Å². The Morgan fingerprint density at radius 1 is 1.09 bits per heavy atom. The Morgan fingerprint density at radius 3 is 2.69 bits per heavy atom. The van der Waals surface area contributed by atoms with Crippen LogP contribution in [0.25, 0.3) is 5.65 Å². The zero-order chi connectivity index (χ0) is 24.0. The normalized spacial score (nSPS) is 14.1. The summed E-state index contributed by atoms with van der Waals surface area (Å²) < 4.78 is 13.0. The summed E-state index contributed by atoms with van der Waals surface area (Å²) in [6.45, 7) is 4.53. The first-order valence-corrected chi connectivity index (χ1v) is 11.7. The van der Waals surface area contributed by atoms with Crippen LogP contribution in [0.1, 0.15) is 25.3 Å². The molecule has 1 amide bonds. The number of nitrogens with zero attached hydrogens (tertiary/aromatic N) is 6. The van der Waals surface area contributed by atoms with Crippen LogP contribution in [0.2, 0.25) is 0 Å². The maximum atomic E-state index is 12.8. The number of fused-ring (bicyclic) bond motifs is 1. The van der Waals surface area contributed by atoms with Crippen molar-refractivity contribution in [3.8, 4) is 17.4 Å². The number of nitrogens with one attached hydrogen (secondary N) is 1. The third-order valence-corrected chi connectivity index (χ3v) is 5.96. The summed E-state index contributed by atoms with van der Waals surface area (Å²) in [5.41, 5.74) is 1.64. The molecule has 4 heterocycles. The van der Waals surface area contributed by atoms with Crippen molar-refractivity contribution in [1.29, 1.82) is 0 Å². The van der Waals surface area contributed by atoms with E-state index >= 15 is 0 Å². The second-order valence-electron chi connectivity index (χ2n) is 8.31. The molecule has 0 radical (unpaired) electrons. The van der Waals surface area contributed by atoms with Crippen molar-refractivity contribution in [3.63, 3.8) is 0 Å². The van der Waals surface area contributed by atoms with Crippen LogP contribution >= 0.6 is 0 Å². The molecule has 0 unspecified atom stereocenters. The van der Waals surface area contributed by atoms with E-state index in [-0.39, 0.29) is 11.8 Å². The van der Waals surface area contributed by atoms with Gasteiger partial charge in [0.15, 0.2) is 5.65 Å². The number of pyridine rings is 1. The van der Waals surface area contributed by atoms with Gasteiger partial charge in [-0.3, -0.25) is 4.79 Å². The molecule has 1 aliphatic heterocycles. The predicted molar refractivity (Wildman–Crippen MR) is 129 cm³/mol. The Labute approximate surface area is 202 Å². The molecule has 0 aliphatic carbocycles. The predicted octanol–water partition coefficient (Wildman–Crippen LogP) is 3.24. The van der Waals surface area contributed by atoms with E-state index < -0.39 is 0 Å². The van der Waals surface area contributed by atoms with Gasteiger partial charge in [-0.2, -0.15) is 4.52 Å². The van der Waals surface area contributed by atoms with E-state index in [1.807, 2.05) is 55.5 Å². The van der Waals surface area contributed by atoms with Gasteiger partial charge in [-0.25, -0.2) is 4.98 Å². The molecule has 10 nitrogen and oxygen atoms in total. The highest BCUT2D eigenvalue weighted by Crippen LogP contribution is 2.24. The minimum Gasteiger partial charge on any atom is -0.494 e. The van der Waals surface area contributed by atoms with Crippen molar-refractivity contribution in [2.45, 2.75) is 26.3 Å². The van der Waals surface area contributed by atoms with Gasteiger partial charge in [0.25, 0.3) is 0 Å². The lowest BCUT2D eigenvalue weighted by Crippen LogP contribution is -2.40. The van der Waals surface area contributed by atoms with Gasteiger partial charge in [0.2, 0.25) is 11.8 Å². The van der Waals surface area contributed by atoms with Crippen LogP contribution in [0.15, 0.2) is 61.1 Å². The summed E-state index contributed by atoms with van der Waals surface area (Å²) in [7, 11) is 0. The van der Waals surface area contributed by atoms with Crippen LogP contribution in [-0.4, -0.2) is 50.4 Å². The van der Waals surface area contributed by atoms with Crippen LogP contribution in [0.3, 0.4) is 0 Å². The van der Waals surface area contributed by atoms with E-state index in [1.165, 1.54) is 0 Å². The third-order valence-electron chi connectivity index (χ3n) is 5.96. The maximum absolute atomic E-state index is 12.8. The summed E-state index contributed by atoms with van der Waals surface area (Å²) in [4.78, 5) is 19.3. The van der Waals surface area contributed by atoms with E-state index in [9.17, 15) is 4.79 Å². The van der Waals surface area contributed by atoms with Gasteiger partial charge in [0.1, 0.15) is 23.6 Å². The molecule has 10 heteroatoms. The number of piperidine rings is 1. The molecule has 0 spiro atoms. The van der Waals surface area contributed by atoms with Crippen molar-refractivity contribution < 1.29 is 14.3 Å². The zero-order valence-electron chi connectivity index (χ0n) is 19.5. The van der Waals surface area contributed by atoms with E-state index in [0.717, 1.165) is 43.1 Å². The maximum Gasteiger partial charge on any atom is 0.223 e. The van der Waals surface area contributed by atoms with Gasteiger partial charge in [0, 0.05) is 37.8 Å². The molecule has 1 N–H and O–H groups in total. The number of hydrogen-bond acceptors (Lipinski definition) is 8. The first-order chi connectivity index (χ1) is 17.2. The number of aromatic nitrogens is 5. The number of carbonyl (C=O) groups excluding carboxylic acids is 1. The topological polar surface area (TPSA) is 107 Å². The Kier molecular flexibility index (Phi) is 6.69. The van der Waals surface area contributed by atoms with Crippen molar-refractivity contribution >= 4 is 17.4 Å². The number of anilines is 1. The fraction of sp³-hybridized carbons (Fsp3) is 0.320. The zero-order valence-corrected chi connectivity index (χ0v) is 19.5. The quantitative estimate of drug-likeness (QED) is 0.416. The molecule has 1 saturated heterocycles. The number of ether oxygens (including phenoxy) is 2. The van der Waals surface area contributed by atoms with Gasteiger partial charge in [0.05, 0.1) is 6.61 Å². The van der Waals surface area contributed by atoms with Crippen LogP contribution in [0.5, 0.6) is 17.4 Å². The number of benzene rings is 1. The van der Waals surface area contributed by atoms with Crippen molar-refractivity contribution in [2.24, 2.45) is 5.92 Å². The van der Waals surface area contributed by atoms with Gasteiger partial charge in [-0.15, -0.1) is 15.3 Å². The van der Waals surface area contributed by atoms with Gasteiger partial charge in [-0.05, 0) is 67.8 Å². The van der Waals surface area contributed by atoms with Gasteiger partial charge in [-0.1, -0.05) is 0 Å². The van der Waals surface area contributed by atoms with Crippen molar-refractivity contribution in [1.82, 2.24) is 30.1 Å². The largest absolute Gasteiger partial charge is 0.494 e. The Hall–Kier alpha value is -4.21. The fourth-order valence-corrected chi connectivity index (χ4v) is 4.10. The lowest BCUT2D eigenvalue weighted by atomic mass is 9.96. The molecule has 180 valence electrons. The lowest BCUT2D eigenvalue weighted by molar-refractivity contribution is -0.125. The average molecular weight is 474 g/mol. The van der Waals surface area contributed by atoms with Crippen LogP contribution < -0.4 is 19.7 Å². The van der Waals surface area contributed by atoms with Crippen LogP contribution in [0, 0.1) is 5.92 Å². The van der Waals surface area contributed by atoms with E-state index in [1.54, 1.807) is 17.0 Å². The highest BCUT2D eigenvalue weighted by Gasteiger charge is 2.25. The highest BCUT2D eigenvalue weighted by molar-refractivity contribution is 5.79. The second-order valence-corrected chi connectivity index (χ2v) is 8.31. The van der Waals surface area contributed by atoms with Crippen molar-refractivity contribution in [3.05, 3.63) is 66.6 Å². The Morgan fingerprint density at radius 2 is 1.89 bits per heavy atom. The number of amides is 1. The molecule has 0 bridgehead atoms. The smallest absolute Gasteiger partial charge is 0.223 e. The molecular weight excluding hydrogens is 446 g/mol. The SMILES string of the molecule is CCOc1ccc(Oc2cc(CNC(=O)C3CCN(c4ccc5nncn5n4)CC3)ccn2)cc1. The van der Waals surface area contributed by atoms with E-state index in [0.29, 0.717) is 30.4 Å². The van der Waals surface area contributed by atoms with E-state index in [2.05, 4.69) is 30.5 Å². The monoisotopic (exact) mass is 473 g/mol. The van der Waals surface area contributed by atoms with E-state index in [4.69, 9.17) is 9.47 Å². The molecule has 1 fully saturated rings. The molecule has 5 rings (SSSR count). The molecule has 35 heavy (non-hydrogen) atoms. The van der Waals surface area contributed by atoms with Crippen LogP contribution in [0.4, 0.5) is 5.82 Å². The number of hydrogen-bond donors (Lipinski definition) is 1. The molecule has 4 aromatic rings. The van der Waals surface area contributed by atoms with Gasteiger partial charge >= 0.3 is 0 Å². The first-order valence-electron chi connectivity index (χ1n) is 11.7. The Balaban J connectivity index is 1.11. The lowest BCUT2D eigenvalue weighted by Gasteiger charge is -2.32. The van der Waals surface area contributed by atoms with Crippen molar-refractivity contribution in [2.75, 3.05) is 24.6 Å². The standard InChI is InChI=1S/C25H27N7O3/c1-2-34-20-3-5-21(6-4-20)35-24-15-18(9-12-26-24)16-27-25(33)19-10-13-31(14-11-19)23-8-7-22-29-28-17-32(22)30-23/h3-9,12,15,17,19H,2,10-11,13-14,16H2,1H3,(H,27,33). The summed E-state index contributed by atoms with van der Waals surface area (Å²) >= 11 is 0. The highest BCUT2D eigenvalue weighted by atomic mass is 16.5. The third kappa shape index (κ3) is 5.48. The summed E-state index contributed by atoms with van der Waals surface area (Å²) in [6, 6.07) is 15.0. The molecule has 0 atom stereocenters. The first kappa shape index (κ1) is 22.6. The minimum atomic E-state index is -0.0219. The Bertz CT molecular complexity index is 1280. The number of rotatable bonds is 8. The fourth-order valence-electron chi connectivity index (χ4n) is 4.10. The molecular formula is C25H27N7O3. The molecule has 1 aliphatic rings. The van der Waals surface area contributed by atoms with Crippen LogP contribution in [-0.2, 0) is 11.3 Å². The summed E-state index contributed by atoms with van der Waals surface area (Å²) in [6.07, 6.45) is 4.82. The number of carbonyl (C=O) groups is 1. The molecule has 3 aromatic heterocycles. The molecule has 0 saturated carbocycles. The summed E-state index contributed by atoms with van der Waals surface area (Å²) in [5.74, 6) is 2.86. The summed E-state index contributed by atoms with van der Waals surface area (Å²) in [5, 5.41) is 15.5. The average Bonchev–Trinajstić information content (AvgIpc) is 3.37. The second kappa shape index (κ2) is 10.4. The molecule has 1 aromatic carbocycles. The minimum absolute atomic E-state index is 0.0219.